The van der Waals surface area contributed by atoms with Crippen LogP contribution in [0, 0.1) is 0 Å². The number of sulfone groups is 1. The Kier molecular flexibility index (Phi) is 4.53. The topological polar surface area (TPSA) is 52.0 Å². The van der Waals surface area contributed by atoms with E-state index in [1.165, 1.54) is 11.9 Å². The van der Waals surface area contributed by atoms with Crippen LogP contribution in [0.3, 0.4) is 0 Å². The number of aryl methyl sites for hydroxylation is 3. The standard InChI is InChI=1S/C19H20N2O2S/c1-21-14-4-6-17(21)11-10-16-5-3-7-19(20-16)15-8-12-18(13-9-15)24(2,22)23/h3-9,12-14H,10-11H2,1-2H3. The van der Waals surface area contributed by atoms with Crippen molar-refractivity contribution >= 4 is 9.84 Å². The van der Waals surface area contributed by atoms with Crippen molar-refractivity contribution in [3.05, 3.63) is 72.2 Å². The van der Waals surface area contributed by atoms with Gasteiger partial charge < -0.3 is 4.57 Å². The van der Waals surface area contributed by atoms with Crippen molar-refractivity contribution in [1.29, 1.82) is 0 Å². The molecule has 3 aromatic rings. The summed E-state index contributed by atoms with van der Waals surface area (Å²) in [5.74, 6) is 0. The van der Waals surface area contributed by atoms with Gasteiger partial charge in [-0.3, -0.25) is 4.98 Å². The minimum absolute atomic E-state index is 0.325. The molecule has 0 spiro atoms. The van der Waals surface area contributed by atoms with Gasteiger partial charge >= 0.3 is 0 Å². The van der Waals surface area contributed by atoms with Crippen LogP contribution in [0.2, 0.25) is 0 Å². The zero-order chi connectivity index (χ0) is 17.2. The van der Waals surface area contributed by atoms with Gasteiger partial charge in [-0.1, -0.05) is 18.2 Å². The molecule has 1 aromatic carbocycles. The fraction of sp³-hybridized carbons (Fsp3) is 0.211. The summed E-state index contributed by atoms with van der Waals surface area (Å²) in [7, 11) is -1.13. The first-order chi connectivity index (χ1) is 11.4. The molecule has 0 aliphatic rings. The third kappa shape index (κ3) is 3.74. The molecule has 0 atom stereocenters. The predicted molar refractivity (Wildman–Crippen MR) is 95.6 cm³/mol. The van der Waals surface area contributed by atoms with Crippen molar-refractivity contribution in [3.63, 3.8) is 0 Å². The average molecular weight is 340 g/mol. The number of rotatable bonds is 5. The van der Waals surface area contributed by atoms with Gasteiger partial charge in [-0.05, 0) is 49.2 Å². The van der Waals surface area contributed by atoms with E-state index in [0.717, 1.165) is 29.8 Å². The first kappa shape index (κ1) is 16.5. The number of benzene rings is 1. The summed E-state index contributed by atoms with van der Waals surface area (Å²) in [6, 6.07) is 17.0. The van der Waals surface area contributed by atoms with Crippen LogP contribution in [0.4, 0.5) is 0 Å². The Morgan fingerprint density at radius 1 is 0.958 bits per heavy atom. The van der Waals surface area contributed by atoms with Gasteiger partial charge in [0, 0.05) is 36.5 Å². The molecule has 0 radical (unpaired) electrons. The van der Waals surface area contributed by atoms with E-state index in [4.69, 9.17) is 4.98 Å². The molecule has 2 heterocycles. The second-order valence-electron chi connectivity index (χ2n) is 5.92. The smallest absolute Gasteiger partial charge is 0.175 e. The van der Waals surface area contributed by atoms with Crippen molar-refractivity contribution < 1.29 is 8.42 Å². The van der Waals surface area contributed by atoms with Gasteiger partial charge in [0.1, 0.15) is 0 Å². The second-order valence-corrected chi connectivity index (χ2v) is 7.94. The summed E-state index contributed by atoms with van der Waals surface area (Å²) in [6.45, 7) is 0. The molecule has 0 saturated heterocycles. The summed E-state index contributed by atoms with van der Waals surface area (Å²) in [5.41, 5.74) is 4.09. The molecule has 0 unspecified atom stereocenters. The van der Waals surface area contributed by atoms with Gasteiger partial charge in [0.2, 0.25) is 0 Å². The van der Waals surface area contributed by atoms with Gasteiger partial charge in [0.05, 0.1) is 10.6 Å². The van der Waals surface area contributed by atoms with Crippen molar-refractivity contribution in [1.82, 2.24) is 9.55 Å². The van der Waals surface area contributed by atoms with Crippen LogP contribution in [0.1, 0.15) is 11.4 Å². The molecular formula is C19H20N2O2S. The summed E-state index contributed by atoms with van der Waals surface area (Å²) >= 11 is 0. The lowest BCUT2D eigenvalue weighted by Gasteiger charge is -2.07. The highest BCUT2D eigenvalue weighted by Gasteiger charge is 2.08. The highest BCUT2D eigenvalue weighted by molar-refractivity contribution is 7.90. The maximum absolute atomic E-state index is 11.5. The summed E-state index contributed by atoms with van der Waals surface area (Å²) in [5, 5.41) is 0. The fourth-order valence-corrected chi connectivity index (χ4v) is 3.30. The molecule has 0 N–H and O–H groups in total. The monoisotopic (exact) mass is 340 g/mol. The van der Waals surface area contributed by atoms with Gasteiger partial charge in [-0.25, -0.2) is 8.42 Å². The zero-order valence-corrected chi connectivity index (χ0v) is 14.6. The molecule has 4 nitrogen and oxygen atoms in total. The van der Waals surface area contributed by atoms with E-state index < -0.39 is 9.84 Å². The van der Waals surface area contributed by atoms with Crippen molar-refractivity contribution in [2.45, 2.75) is 17.7 Å². The van der Waals surface area contributed by atoms with Crippen LogP contribution >= 0.6 is 0 Å². The van der Waals surface area contributed by atoms with Crippen LogP contribution in [0.15, 0.2) is 65.7 Å². The molecule has 5 heteroatoms. The van der Waals surface area contributed by atoms with Crippen molar-refractivity contribution in [3.8, 4) is 11.3 Å². The molecule has 3 rings (SSSR count). The second kappa shape index (κ2) is 6.61. The van der Waals surface area contributed by atoms with E-state index in [0.29, 0.717) is 4.90 Å². The Labute approximate surface area is 142 Å². The SMILES string of the molecule is Cn1cccc1CCc1cccc(-c2ccc(S(C)(=O)=O)cc2)n1. The number of nitrogens with zero attached hydrogens (tertiary/aromatic N) is 2. The Bertz CT molecular complexity index is 942. The molecule has 0 aliphatic heterocycles. The third-order valence-corrected chi connectivity index (χ3v) is 5.20. The van der Waals surface area contributed by atoms with Crippen LogP contribution in [-0.2, 0) is 29.7 Å². The maximum atomic E-state index is 11.5. The largest absolute Gasteiger partial charge is 0.354 e. The minimum atomic E-state index is -3.17. The molecular weight excluding hydrogens is 320 g/mol. The normalized spacial score (nSPS) is 11.6. The first-order valence-electron chi connectivity index (χ1n) is 7.80. The molecule has 0 bridgehead atoms. The summed E-state index contributed by atoms with van der Waals surface area (Å²) in [4.78, 5) is 5.03. The molecule has 0 fully saturated rings. The van der Waals surface area contributed by atoms with Crippen LogP contribution in [0.5, 0.6) is 0 Å². The fourth-order valence-electron chi connectivity index (χ4n) is 2.66. The highest BCUT2D eigenvalue weighted by atomic mass is 32.2. The number of hydrogen-bond acceptors (Lipinski definition) is 3. The molecule has 24 heavy (non-hydrogen) atoms. The lowest BCUT2D eigenvalue weighted by atomic mass is 10.1. The molecule has 0 amide bonds. The van der Waals surface area contributed by atoms with E-state index in [2.05, 4.69) is 10.6 Å². The zero-order valence-electron chi connectivity index (χ0n) is 13.8. The van der Waals surface area contributed by atoms with Crippen molar-refractivity contribution in [2.24, 2.45) is 7.05 Å². The van der Waals surface area contributed by atoms with Gasteiger partial charge in [-0.2, -0.15) is 0 Å². The summed E-state index contributed by atoms with van der Waals surface area (Å²) < 4.78 is 25.2. The quantitative estimate of drug-likeness (QED) is 0.716. The molecule has 0 aliphatic carbocycles. The Morgan fingerprint density at radius 2 is 1.71 bits per heavy atom. The molecule has 0 saturated carbocycles. The lowest BCUT2D eigenvalue weighted by Crippen LogP contribution is -2.00. The molecule has 124 valence electrons. The molecule has 2 aromatic heterocycles. The first-order valence-corrected chi connectivity index (χ1v) is 9.69. The van der Waals surface area contributed by atoms with Crippen molar-refractivity contribution in [2.75, 3.05) is 6.26 Å². The maximum Gasteiger partial charge on any atom is 0.175 e. The average Bonchev–Trinajstić information content (AvgIpc) is 2.98. The minimum Gasteiger partial charge on any atom is -0.354 e. The predicted octanol–water partition coefficient (Wildman–Crippen LogP) is 3.28. The van der Waals surface area contributed by atoms with Gasteiger partial charge in [0.25, 0.3) is 0 Å². The Balaban J connectivity index is 1.79. The van der Waals surface area contributed by atoms with E-state index in [1.807, 2.05) is 37.5 Å². The van der Waals surface area contributed by atoms with Crippen LogP contribution in [-0.4, -0.2) is 24.2 Å². The number of hydrogen-bond donors (Lipinski definition) is 0. The third-order valence-electron chi connectivity index (χ3n) is 4.07. The highest BCUT2D eigenvalue weighted by Crippen LogP contribution is 2.20. The Hall–Kier alpha value is -2.40. The van der Waals surface area contributed by atoms with Gasteiger partial charge in [-0.15, -0.1) is 0 Å². The van der Waals surface area contributed by atoms with E-state index >= 15 is 0 Å². The van der Waals surface area contributed by atoms with Gasteiger partial charge in [0.15, 0.2) is 9.84 Å². The summed E-state index contributed by atoms with van der Waals surface area (Å²) in [6.07, 6.45) is 5.06. The Morgan fingerprint density at radius 3 is 2.33 bits per heavy atom. The van der Waals surface area contributed by atoms with Crippen LogP contribution in [0.25, 0.3) is 11.3 Å². The number of aromatic nitrogens is 2. The number of pyridine rings is 1. The van der Waals surface area contributed by atoms with E-state index in [1.54, 1.807) is 24.3 Å². The van der Waals surface area contributed by atoms with E-state index in [-0.39, 0.29) is 0 Å². The van der Waals surface area contributed by atoms with Crippen LogP contribution < -0.4 is 0 Å². The lowest BCUT2D eigenvalue weighted by molar-refractivity contribution is 0.602. The van der Waals surface area contributed by atoms with E-state index in [9.17, 15) is 8.42 Å².